The predicted octanol–water partition coefficient (Wildman–Crippen LogP) is 0.992. The van der Waals surface area contributed by atoms with Crippen molar-refractivity contribution in [1.82, 2.24) is 14.6 Å². The third-order valence-electron chi connectivity index (χ3n) is 3.14. The van der Waals surface area contributed by atoms with Crippen LogP contribution in [0.15, 0.2) is 23.1 Å². The van der Waals surface area contributed by atoms with E-state index < -0.39 is 0 Å². The van der Waals surface area contributed by atoms with Crippen LogP contribution in [0.5, 0.6) is 0 Å². The van der Waals surface area contributed by atoms with Gasteiger partial charge in [0.1, 0.15) is 5.82 Å². The van der Waals surface area contributed by atoms with Crippen LogP contribution in [0.25, 0.3) is 5.65 Å². The molecule has 1 saturated heterocycles. The summed E-state index contributed by atoms with van der Waals surface area (Å²) in [4.78, 5) is 15.6. The predicted molar refractivity (Wildman–Crippen MR) is 63.1 cm³/mol. The lowest BCUT2D eigenvalue weighted by Gasteiger charge is -2.20. The van der Waals surface area contributed by atoms with Crippen LogP contribution in [-0.4, -0.2) is 27.8 Å². The van der Waals surface area contributed by atoms with Gasteiger partial charge in [-0.2, -0.15) is 0 Å². The standard InChI is InChI=1S/C12H15N3O2/c16-10-3-4-15-12(7-10)13-11(14-15)6-9-2-1-5-17-8-9/h3-4,7,9H,1-2,5-6,8H2,(H,13,14). The van der Waals surface area contributed by atoms with Gasteiger partial charge in [-0.15, -0.1) is 0 Å². The third kappa shape index (κ3) is 2.24. The van der Waals surface area contributed by atoms with Gasteiger partial charge in [-0.1, -0.05) is 0 Å². The second-order valence-corrected chi connectivity index (χ2v) is 4.55. The Labute approximate surface area is 98.4 Å². The lowest BCUT2D eigenvalue weighted by atomic mass is 9.98. The van der Waals surface area contributed by atoms with Crippen LogP contribution in [0.3, 0.4) is 0 Å². The summed E-state index contributed by atoms with van der Waals surface area (Å²) in [5, 5.41) is 3.18. The van der Waals surface area contributed by atoms with Gasteiger partial charge in [-0.3, -0.25) is 9.89 Å². The number of nitrogens with one attached hydrogen (secondary N) is 1. The van der Waals surface area contributed by atoms with E-state index >= 15 is 0 Å². The van der Waals surface area contributed by atoms with Crippen molar-refractivity contribution in [2.75, 3.05) is 13.2 Å². The molecule has 90 valence electrons. The normalized spacial score (nSPS) is 20.8. The number of fused-ring (bicyclic) bond motifs is 1. The maximum Gasteiger partial charge on any atom is 0.183 e. The Hall–Kier alpha value is -1.62. The summed E-state index contributed by atoms with van der Waals surface area (Å²) in [6.45, 7) is 1.69. The van der Waals surface area contributed by atoms with Crippen molar-refractivity contribution >= 4 is 5.65 Å². The summed E-state index contributed by atoms with van der Waals surface area (Å²) < 4.78 is 7.23. The van der Waals surface area contributed by atoms with Crippen LogP contribution in [-0.2, 0) is 11.2 Å². The van der Waals surface area contributed by atoms with Gasteiger partial charge in [-0.25, -0.2) is 9.50 Å². The molecular formula is C12H15N3O2. The smallest absolute Gasteiger partial charge is 0.183 e. The molecule has 3 heterocycles. The largest absolute Gasteiger partial charge is 0.381 e. The van der Waals surface area contributed by atoms with Crippen molar-refractivity contribution in [3.05, 3.63) is 34.4 Å². The molecule has 1 fully saturated rings. The van der Waals surface area contributed by atoms with E-state index in [0.29, 0.717) is 11.6 Å². The molecule has 0 radical (unpaired) electrons. The van der Waals surface area contributed by atoms with Gasteiger partial charge in [0.15, 0.2) is 11.1 Å². The van der Waals surface area contributed by atoms with E-state index in [-0.39, 0.29) is 5.43 Å². The number of aromatic nitrogens is 3. The summed E-state index contributed by atoms with van der Waals surface area (Å²) in [6, 6.07) is 3.07. The fourth-order valence-electron chi connectivity index (χ4n) is 2.29. The molecule has 0 amide bonds. The quantitative estimate of drug-likeness (QED) is 0.841. The summed E-state index contributed by atoms with van der Waals surface area (Å²) >= 11 is 0. The zero-order valence-electron chi connectivity index (χ0n) is 9.56. The summed E-state index contributed by atoms with van der Waals surface area (Å²) in [5.74, 6) is 1.46. The molecule has 1 atom stereocenters. The number of rotatable bonds is 2. The molecule has 0 aromatic carbocycles. The van der Waals surface area contributed by atoms with Gasteiger partial charge >= 0.3 is 0 Å². The van der Waals surface area contributed by atoms with Crippen LogP contribution in [0.2, 0.25) is 0 Å². The lowest BCUT2D eigenvalue weighted by molar-refractivity contribution is 0.0543. The Morgan fingerprint density at radius 1 is 1.59 bits per heavy atom. The zero-order valence-corrected chi connectivity index (χ0v) is 9.56. The molecule has 0 aliphatic carbocycles. The van der Waals surface area contributed by atoms with E-state index in [1.807, 2.05) is 0 Å². The average Bonchev–Trinajstić information content (AvgIpc) is 2.71. The number of ether oxygens (including phenoxy) is 1. The molecule has 1 aliphatic rings. The molecule has 2 aromatic heterocycles. The van der Waals surface area contributed by atoms with E-state index in [9.17, 15) is 4.79 Å². The number of hydrogen-bond donors (Lipinski definition) is 1. The molecule has 1 aliphatic heterocycles. The Bertz CT molecular complexity index is 566. The molecule has 1 N–H and O–H groups in total. The second-order valence-electron chi connectivity index (χ2n) is 4.55. The van der Waals surface area contributed by atoms with Gasteiger partial charge in [0.25, 0.3) is 0 Å². The second kappa shape index (κ2) is 4.33. The van der Waals surface area contributed by atoms with Gasteiger partial charge in [0.05, 0.1) is 0 Å². The molecular weight excluding hydrogens is 218 g/mol. The van der Waals surface area contributed by atoms with Crippen molar-refractivity contribution in [3.63, 3.8) is 0 Å². The van der Waals surface area contributed by atoms with Gasteiger partial charge in [-0.05, 0) is 18.8 Å². The minimum atomic E-state index is -0.0101. The molecule has 0 saturated carbocycles. The van der Waals surface area contributed by atoms with E-state index in [0.717, 1.165) is 31.9 Å². The first-order valence-electron chi connectivity index (χ1n) is 5.96. The number of aromatic amines is 1. The average molecular weight is 233 g/mol. The molecule has 3 rings (SSSR count). The first-order valence-corrected chi connectivity index (χ1v) is 5.96. The molecule has 0 spiro atoms. The molecule has 0 bridgehead atoms. The third-order valence-corrected chi connectivity index (χ3v) is 3.14. The number of hydrogen-bond acceptors (Lipinski definition) is 3. The Kier molecular flexibility index (Phi) is 2.68. The highest BCUT2D eigenvalue weighted by Gasteiger charge is 2.16. The fourth-order valence-corrected chi connectivity index (χ4v) is 2.29. The molecule has 17 heavy (non-hydrogen) atoms. The van der Waals surface area contributed by atoms with Gasteiger partial charge in [0.2, 0.25) is 0 Å². The minimum Gasteiger partial charge on any atom is -0.381 e. The Morgan fingerprint density at radius 2 is 2.53 bits per heavy atom. The highest BCUT2D eigenvalue weighted by molar-refractivity contribution is 5.36. The lowest BCUT2D eigenvalue weighted by Crippen LogP contribution is -2.19. The maximum atomic E-state index is 11.2. The molecule has 5 nitrogen and oxygen atoms in total. The molecule has 5 heteroatoms. The van der Waals surface area contributed by atoms with Crippen molar-refractivity contribution in [2.45, 2.75) is 19.3 Å². The maximum absolute atomic E-state index is 11.2. The molecule has 1 unspecified atom stereocenters. The first-order chi connectivity index (χ1) is 8.31. The van der Waals surface area contributed by atoms with Crippen molar-refractivity contribution < 1.29 is 4.74 Å². The first kappa shape index (κ1) is 10.5. The summed E-state index contributed by atoms with van der Waals surface area (Å²) in [5.41, 5.74) is 0.674. The Balaban J connectivity index is 1.82. The van der Waals surface area contributed by atoms with Crippen LogP contribution in [0.4, 0.5) is 0 Å². The topological polar surface area (TPSA) is 59.4 Å². The fraction of sp³-hybridized carbons (Fsp3) is 0.500. The zero-order chi connectivity index (χ0) is 11.7. The van der Waals surface area contributed by atoms with Crippen LogP contribution < -0.4 is 5.43 Å². The number of H-pyrrole nitrogens is 1. The van der Waals surface area contributed by atoms with E-state index in [4.69, 9.17) is 4.74 Å². The van der Waals surface area contributed by atoms with Gasteiger partial charge in [0, 0.05) is 38.0 Å². The van der Waals surface area contributed by atoms with Gasteiger partial charge < -0.3 is 4.74 Å². The Morgan fingerprint density at radius 3 is 3.35 bits per heavy atom. The van der Waals surface area contributed by atoms with Crippen LogP contribution in [0, 0.1) is 5.92 Å². The number of pyridine rings is 1. The highest BCUT2D eigenvalue weighted by atomic mass is 16.5. The minimum absolute atomic E-state index is 0.0101. The highest BCUT2D eigenvalue weighted by Crippen LogP contribution is 2.17. The summed E-state index contributed by atoms with van der Waals surface area (Å²) in [7, 11) is 0. The number of nitrogens with zero attached hydrogens (tertiary/aromatic N) is 2. The van der Waals surface area contributed by atoms with E-state index in [1.165, 1.54) is 18.6 Å². The van der Waals surface area contributed by atoms with Crippen molar-refractivity contribution in [1.29, 1.82) is 0 Å². The van der Waals surface area contributed by atoms with E-state index in [2.05, 4.69) is 10.1 Å². The monoisotopic (exact) mass is 233 g/mol. The molecule has 2 aromatic rings. The summed E-state index contributed by atoms with van der Waals surface area (Å²) in [6.07, 6.45) is 4.92. The van der Waals surface area contributed by atoms with Crippen LogP contribution in [0.1, 0.15) is 18.7 Å². The van der Waals surface area contributed by atoms with Crippen molar-refractivity contribution in [3.8, 4) is 0 Å². The van der Waals surface area contributed by atoms with Crippen molar-refractivity contribution in [2.24, 2.45) is 5.92 Å². The van der Waals surface area contributed by atoms with E-state index in [1.54, 1.807) is 10.7 Å². The van der Waals surface area contributed by atoms with Crippen LogP contribution >= 0.6 is 0 Å². The SMILES string of the molecule is O=c1ccn2[nH]c(CC3CCCOC3)nc2c1.